The zero-order chi connectivity index (χ0) is 17.7. The fourth-order valence-corrected chi connectivity index (χ4v) is 2.52. The van der Waals surface area contributed by atoms with Crippen LogP contribution in [0.3, 0.4) is 0 Å². The normalized spacial score (nSPS) is 15.2. The van der Waals surface area contributed by atoms with Crippen molar-refractivity contribution in [3.05, 3.63) is 59.7 Å². The molecule has 0 aliphatic heterocycles. The van der Waals surface area contributed by atoms with Crippen molar-refractivity contribution in [1.82, 2.24) is 0 Å². The minimum absolute atomic E-state index is 0.0505. The van der Waals surface area contributed by atoms with Crippen LogP contribution in [0.2, 0.25) is 0 Å². The van der Waals surface area contributed by atoms with E-state index in [1.54, 1.807) is 24.3 Å². The quantitative estimate of drug-likeness (QED) is 0.810. The van der Waals surface area contributed by atoms with E-state index in [9.17, 15) is 10.2 Å². The van der Waals surface area contributed by atoms with Gasteiger partial charge in [0.15, 0.2) is 0 Å². The molecular weight excluding hydrogens is 300 g/mol. The van der Waals surface area contributed by atoms with Gasteiger partial charge in [0.1, 0.15) is 11.5 Å². The highest BCUT2D eigenvalue weighted by molar-refractivity contribution is 6.02. The third-order valence-corrected chi connectivity index (χ3v) is 4.08. The van der Waals surface area contributed by atoms with Crippen molar-refractivity contribution in [2.45, 2.75) is 39.8 Å². The molecule has 0 fully saturated rings. The van der Waals surface area contributed by atoms with E-state index in [0.29, 0.717) is 0 Å². The molecule has 0 amide bonds. The molecule has 2 aromatic carbocycles. The van der Waals surface area contributed by atoms with Crippen LogP contribution in [0.5, 0.6) is 11.5 Å². The number of para-hydroxylation sites is 2. The van der Waals surface area contributed by atoms with Crippen LogP contribution < -0.4 is 0 Å². The summed E-state index contributed by atoms with van der Waals surface area (Å²) in [5.74, 6) is 0.458. The number of hydrogen-bond acceptors (Lipinski definition) is 4. The van der Waals surface area contributed by atoms with Crippen molar-refractivity contribution in [2.24, 2.45) is 9.98 Å². The second kappa shape index (κ2) is 7.77. The van der Waals surface area contributed by atoms with Gasteiger partial charge in [-0.1, -0.05) is 24.3 Å². The van der Waals surface area contributed by atoms with Crippen LogP contribution in [0, 0.1) is 0 Å². The van der Waals surface area contributed by atoms with E-state index in [1.807, 2.05) is 52.0 Å². The first kappa shape index (κ1) is 17.7. The standard InChI is InChI=1S/C20H24N2O2/c1-13(21-15(3)17-9-5-7-11-19(17)23)14(2)22-16(4)18-10-6-8-12-20(18)24/h5-14,23-24H,1-4H3. The maximum absolute atomic E-state index is 9.92. The van der Waals surface area contributed by atoms with E-state index in [2.05, 4.69) is 9.98 Å². The van der Waals surface area contributed by atoms with Gasteiger partial charge < -0.3 is 10.2 Å². The Labute approximate surface area is 143 Å². The predicted octanol–water partition coefficient (Wildman–Crippen LogP) is 4.19. The largest absolute Gasteiger partial charge is 0.507 e. The minimum Gasteiger partial charge on any atom is -0.507 e. The zero-order valence-electron chi connectivity index (χ0n) is 14.6. The van der Waals surface area contributed by atoms with Gasteiger partial charge in [-0.05, 0) is 52.0 Å². The third-order valence-electron chi connectivity index (χ3n) is 4.08. The van der Waals surface area contributed by atoms with Crippen LogP contribution in [0.4, 0.5) is 0 Å². The number of nitrogens with zero attached hydrogens (tertiary/aromatic N) is 2. The van der Waals surface area contributed by atoms with Gasteiger partial charge >= 0.3 is 0 Å². The molecule has 0 spiro atoms. The molecular formula is C20H24N2O2. The second-order valence-corrected chi connectivity index (χ2v) is 5.94. The molecule has 2 rings (SSSR count). The van der Waals surface area contributed by atoms with Crippen LogP contribution in [0.25, 0.3) is 0 Å². The highest BCUT2D eigenvalue weighted by Crippen LogP contribution is 2.19. The van der Waals surface area contributed by atoms with Crippen molar-refractivity contribution in [3.63, 3.8) is 0 Å². The lowest BCUT2D eigenvalue weighted by atomic mass is 10.1. The molecule has 2 N–H and O–H groups in total. The molecule has 0 heterocycles. The van der Waals surface area contributed by atoms with E-state index >= 15 is 0 Å². The molecule has 2 atom stereocenters. The number of phenols is 2. The number of hydrogen-bond donors (Lipinski definition) is 2. The zero-order valence-corrected chi connectivity index (χ0v) is 14.6. The maximum atomic E-state index is 9.92. The van der Waals surface area contributed by atoms with E-state index in [4.69, 9.17) is 0 Å². The van der Waals surface area contributed by atoms with Crippen LogP contribution in [-0.2, 0) is 0 Å². The van der Waals surface area contributed by atoms with Crippen LogP contribution in [0.15, 0.2) is 58.5 Å². The van der Waals surface area contributed by atoms with Crippen molar-refractivity contribution >= 4 is 11.4 Å². The summed E-state index contributed by atoms with van der Waals surface area (Å²) in [6, 6.07) is 14.2. The Hall–Kier alpha value is -2.62. The molecule has 24 heavy (non-hydrogen) atoms. The molecule has 0 aromatic heterocycles. The summed E-state index contributed by atoms with van der Waals surface area (Å²) < 4.78 is 0. The first-order valence-corrected chi connectivity index (χ1v) is 8.05. The second-order valence-electron chi connectivity index (χ2n) is 5.94. The van der Waals surface area contributed by atoms with E-state index in [-0.39, 0.29) is 23.6 Å². The summed E-state index contributed by atoms with van der Waals surface area (Å²) in [5.41, 5.74) is 3.03. The lowest BCUT2D eigenvalue weighted by Crippen LogP contribution is -2.19. The molecule has 4 heteroatoms. The molecule has 0 aliphatic carbocycles. The van der Waals surface area contributed by atoms with Crippen molar-refractivity contribution in [2.75, 3.05) is 0 Å². The smallest absolute Gasteiger partial charge is 0.124 e. The van der Waals surface area contributed by atoms with Gasteiger partial charge in [-0.15, -0.1) is 0 Å². The van der Waals surface area contributed by atoms with E-state index in [1.165, 1.54) is 0 Å². The topological polar surface area (TPSA) is 65.2 Å². The van der Waals surface area contributed by atoms with Gasteiger partial charge in [0.2, 0.25) is 0 Å². The molecule has 2 aromatic rings. The van der Waals surface area contributed by atoms with Gasteiger partial charge in [0, 0.05) is 22.6 Å². The first-order chi connectivity index (χ1) is 11.4. The number of benzene rings is 2. The Kier molecular flexibility index (Phi) is 5.74. The van der Waals surface area contributed by atoms with Gasteiger partial charge in [0.05, 0.1) is 12.1 Å². The Morgan fingerprint density at radius 1 is 0.708 bits per heavy atom. The van der Waals surface area contributed by atoms with Gasteiger partial charge in [0.25, 0.3) is 0 Å². The summed E-state index contributed by atoms with van der Waals surface area (Å²) in [5, 5.41) is 19.8. The predicted molar refractivity (Wildman–Crippen MR) is 99.6 cm³/mol. The van der Waals surface area contributed by atoms with Crippen LogP contribution >= 0.6 is 0 Å². The Bertz CT molecular complexity index is 700. The summed E-state index contributed by atoms with van der Waals surface area (Å²) in [4.78, 5) is 9.33. The average molecular weight is 324 g/mol. The fraction of sp³-hybridized carbons (Fsp3) is 0.300. The lowest BCUT2D eigenvalue weighted by Gasteiger charge is -2.15. The van der Waals surface area contributed by atoms with Gasteiger partial charge in [-0.25, -0.2) is 0 Å². The SMILES string of the molecule is CC(=NC(C)C(C)N=C(C)c1ccccc1O)c1ccccc1O. The molecule has 2 unspecified atom stereocenters. The van der Waals surface area contributed by atoms with Crippen LogP contribution in [-0.4, -0.2) is 33.7 Å². The monoisotopic (exact) mass is 324 g/mol. The summed E-state index contributed by atoms with van der Waals surface area (Å²) in [6.07, 6.45) is 0. The Morgan fingerprint density at radius 2 is 1.04 bits per heavy atom. The van der Waals surface area contributed by atoms with Crippen molar-refractivity contribution in [3.8, 4) is 11.5 Å². The number of phenolic OH excluding ortho intramolecular Hbond substituents is 2. The highest BCUT2D eigenvalue weighted by Gasteiger charge is 2.13. The summed E-state index contributed by atoms with van der Waals surface area (Å²) >= 11 is 0. The molecule has 4 nitrogen and oxygen atoms in total. The minimum atomic E-state index is -0.0505. The van der Waals surface area contributed by atoms with E-state index in [0.717, 1.165) is 22.6 Å². The first-order valence-electron chi connectivity index (χ1n) is 8.05. The number of rotatable bonds is 5. The average Bonchev–Trinajstić information content (AvgIpc) is 2.55. The third kappa shape index (κ3) is 4.22. The summed E-state index contributed by atoms with van der Waals surface area (Å²) in [6.45, 7) is 7.77. The lowest BCUT2D eigenvalue weighted by molar-refractivity contribution is 0.473. The summed E-state index contributed by atoms with van der Waals surface area (Å²) in [7, 11) is 0. The van der Waals surface area contributed by atoms with Crippen molar-refractivity contribution < 1.29 is 10.2 Å². The van der Waals surface area contributed by atoms with Crippen molar-refractivity contribution in [1.29, 1.82) is 0 Å². The fourth-order valence-electron chi connectivity index (χ4n) is 2.52. The molecule has 0 radical (unpaired) electrons. The highest BCUT2D eigenvalue weighted by atomic mass is 16.3. The maximum Gasteiger partial charge on any atom is 0.124 e. The number of aliphatic imine (C=N–C) groups is 2. The molecule has 0 saturated heterocycles. The van der Waals surface area contributed by atoms with Gasteiger partial charge in [-0.3, -0.25) is 9.98 Å². The Balaban J connectivity index is 2.19. The number of aromatic hydroxyl groups is 2. The van der Waals surface area contributed by atoms with Crippen LogP contribution in [0.1, 0.15) is 38.8 Å². The molecule has 0 bridgehead atoms. The molecule has 0 aliphatic rings. The molecule has 0 saturated carbocycles. The molecule has 126 valence electrons. The van der Waals surface area contributed by atoms with Gasteiger partial charge in [-0.2, -0.15) is 0 Å². The Morgan fingerprint density at radius 3 is 1.38 bits per heavy atom. The van der Waals surface area contributed by atoms with E-state index < -0.39 is 0 Å².